The topological polar surface area (TPSA) is 75.6 Å². The summed E-state index contributed by atoms with van der Waals surface area (Å²) in [7, 11) is 6.49. The van der Waals surface area contributed by atoms with Crippen molar-refractivity contribution in [3.05, 3.63) is 58.7 Å². The van der Waals surface area contributed by atoms with Crippen LogP contribution in [0, 0.1) is 0 Å². The Kier molecular flexibility index (Phi) is 8.33. The van der Waals surface area contributed by atoms with Crippen molar-refractivity contribution in [3.63, 3.8) is 0 Å². The van der Waals surface area contributed by atoms with Gasteiger partial charge in [-0.05, 0) is 56.1 Å². The van der Waals surface area contributed by atoms with Crippen molar-refractivity contribution < 1.29 is 31.1 Å². The van der Waals surface area contributed by atoms with Gasteiger partial charge >= 0.3 is 12.4 Å². The number of nitrogen functional groups attached to an aromatic ring is 2. The van der Waals surface area contributed by atoms with Gasteiger partial charge in [0.15, 0.2) is 0 Å². The molecule has 0 spiro atoms. The largest absolute Gasteiger partial charge is 0.416 e. The van der Waals surface area contributed by atoms with Gasteiger partial charge in [0.2, 0.25) is 0 Å². The summed E-state index contributed by atoms with van der Waals surface area (Å²) < 4.78 is 74.5. The van der Waals surface area contributed by atoms with Crippen LogP contribution in [0.25, 0.3) is 0 Å². The molecule has 2 rings (SSSR count). The van der Waals surface area contributed by atoms with Gasteiger partial charge in [0.05, 0.1) is 11.1 Å². The van der Waals surface area contributed by atoms with E-state index in [1.165, 1.54) is 25.1 Å². The number of hydrogen-bond acceptors (Lipinski definition) is 4. The number of anilines is 2. The van der Waals surface area contributed by atoms with E-state index >= 15 is 0 Å². The average Bonchev–Trinajstić information content (AvgIpc) is 2.58. The Hall–Kier alpha value is -2.95. The van der Waals surface area contributed by atoms with E-state index in [9.17, 15) is 31.1 Å². The number of benzene rings is 2. The summed E-state index contributed by atoms with van der Waals surface area (Å²) in [4.78, 5) is 14.5. The molecule has 0 aromatic heterocycles. The second-order valence-corrected chi connectivity index (χ2v) is 7.24. The number of nitrogens with zero attached hydrogens (tertiary/aromatic N) is 2. The second kappa shape index (κ2) is 9.90. The Morgan fingerprint density at radius 3 is 1.65 bits per heavy atom. The minimum atomic E-state index is -4.50. The molecule has 31 heavy (non-hydrogen) atoms. The summed E-state index contributed by atoms with van der Waals surface area (Å²) in [5.74, 6) is -0.516. The van der Waals surface area contributed by atoms with Gasteiger partial charge in [0.25, 0.3) is 5.91 Å². The lowest BCUT2D eigenvalue weighted by molar-refractivity contribution is -0.138. The highest BCUT2D eigenvalue weighted by Crippen LogP contribution is 2.32. The zero-order valence-electron chi connectivity index (χ0n) is 17.4. The zero-order chi connectivity index (χ0) is 24.1. The van der Waals surface area contributed by atoms with Crippen LogP contribution in [-0.2, 0) is 18.9 Å². The molecule has 0 atom stereocenters. The van der Waals surface area contributed by atoms with Crippen molar-refractivity contribution in [1.29, 1.82) is 0 Å². The number of rotatable bonds is 3. The summed E-state index contributed by atoms with van der Waals surface area (Å²) >= 11 is 0. The number of nitrogens with two attached hydrogens (primary N) is 2. The van der Waals surface area contributed by atoms with Crippen LogP contribution in [-0.4, -0.2) is 43.9 Å². The van der Waals surface area contributed by atoms with Crippen LogP contribution in [0.4, 0.5) is 37.7 Å². The normalized spacial score (nSPS) is 11.7. The molecule has 0 unspecified atom stereocenters. The van der Waals surface area contributed by atoms with E-state index in [2.05, 4.69) is 0 Å². The van der Waals surface area contributed by atoms with Gasteiger partial charge < -0.3 is 21.3 Å². The van der Waals surface area contributed by atoms with Gasteiger partial charge in [0, 0.05) is 37.6 Å². The molecule has 0 aliphatic heterocycles. The van der Waals surface area contributed by atoms with E-state index in [1.807, 2.05) is 0 Å². The van der Waals surface area contributed by atoms with E-state index < -0.39 is 29.4 Å². The molecular weight excluding hydrogens is 426 g/mol. The van der Waals surface area contributed by atoms with Crippen molar-refractivity contribution in [2.45, 2.75) is 18.9 Å². The molecule has 0 aliphatic carbocycles. The predicted octanol–water partition coefficient (Wildman–Crippen LogP) is 4.34. The minimum absolute atomic E-state index is 0.0719. The molecule has 0 heterocycles. The highest BCUT2D eigenvalue weighted by atomic mass is 19.4. The molecule has 0 aliphatic rings. The van der Waals surface area contributed by atoms with E-state index in [4.69, 9.17) is 11.5 Å². The predicted molar refractivity (Wildman–Crippen MR) is 107 cm³/mol. The van der Waals surface area contributed by atoms with Crippen LogP contribution in [0.2, 0.25) is 0 Å². The van der Waals surface area contributed by atoms with Crippen LogP contribution in [0.1, 0.15) is 27.0 Å². The highest BCUT2D eigenvalue weighted by Gasteiger charge is 2.32. The molecular formula is C20H24F6N4O. The van der Waals surface area contributed by atoms with Crippen LogP contribution in [0.15, 0.2) is 36.4 Å². The molecule has 0 fully saturated rings. The first-order valence-corrected chi connectivity index (χ1v) is 8.81. The molecule has 4 N–H and O–H groups in total. The summed E-state index contributed by atoms with van der Waals surface area (Å²) in [5, 5.41) is 0. The third-order valence-electron chi connectivity index (χ3n) is 3.78. The van der Waals surface area contributed by atoms with Crippen LogP contribution >= 0.6 is 0 Å². The smallest absolute Gasteiger partial charge is 0.399 e. The molecule has 11 heteroatoms. The Morgan fingerprint density at radius 1 is 0.774 bits per heavy atom. The van der Waals surface area contributed by atoms with Gasteiger partial charge in [-0.2, -0.15) is 26.3 Å². The third kappa shape index (κ3) is 8.36. The van der Waals surface area contributed by atoms with E-state index in [-0.39, 0.29) is 16.9 Å². The van der Waals surface area contributed by atoms with Gasteiger partial charge in [-0.15, -0.1) is 0 Å². The Bertz CT molecular complexity index is 908. The fraction of sp³-hybridized carbons (Fsp3) is 0.350. The van der Waals surface area contributed by atoms with Gasteiger partial charge in [-0.3, -0.25) is 4.79 Å². The summed E-state index contributed by atoms with van der Waals surface area (Å²) in [6, 6.07) is 6.42. The molecule has 0 saturated carbocycles. The number of carbonyl (C=O) groups is 1. The first-order valence-electron chi connectivity index (χ1n) is 8.81. The monoisotopic (exact) mass is 450 g/mol. The third-order valence-corrected chi connectivity index (χ3v) is 3.78. The van der Waals surface area contributed by atoms with E-state index in [0.717, 1.165) is 24.3 Å². The van der Waals surface area contributed by atoms with Crippen molar-refractivity contribution in [1.82, 2.24) is 9.80 Å². The quantitative estimate of drug-likeness (QED) is 0.539. The number of hydrogen-bond donors (Lipinski definition) is 2. The number of carbonyl (C=O) groups excluding carboxylic acids is 1. The maximum Gasteiger partial charge on any atom is 0.416 e. The first kappa shape index (κ1) is 26.1. The molecule has 0 bridgehead atoms. The zero-order valence-corrected chi connectivity index (χ0v) is 17.4. The molecule has 0 radical (unpaired) electrons. The lowest BCUT2D eigenvalue weighted by Crippen LogP contribution is -2.22. The lowest BCUT2D eigenvalue weighted by atomic mass is 10.1. The van der Waals surface area contributed by atoms with Gasteiger partial charge in [-0.1, -0.05) is 0 Å². The van der Waals surface area contributed by atoms with E-state index in [0.29, 0.717) is 12.1 Å². The second-order valence-electron chi connectivity index (χ2n) is 7.24. The lowest BCUT2D eigenvalue weighted by Gasteiger charge is -2.13. The fourth-order valence-electron chi connectivity index (χ4n) is 2.54. The van der Waals surface area contributed by atoms with Crippen molar-refractivity contribution in [2.24, 2.45) is 0 Å². The molecule has 5 nitrogen and oxygen atoms in total. The van der Waals surface area contributed by atoms with Crippen LogP contribution in [0.3, 0.4) is 0 Å². The van der Waals surface area contributed by atoms with Crippen molar-refractivity contribution in [2.75, 3.05) is 39.7 Å². The standard InChI is InChI=1S/C10H11F3N2O.C10H13F3N2/c1-15(2)9(16)6-3-7(10(11,12)13)5-8(14)4-6;1-15(2)6-7-3-8(10(11,12)13)5-9(14)4-7/h3-5H,14H2,1-2H3;3-5H,6,14H2,1-2H3. The Labute approximate surface area is 176 Å². The molecule has 2 aromatic carbocycles. The molecule has 172 valence electrons. The summed E-state index contributed by atoms with van der Waals surface area (Å²) in [5.41, 5.74) is 9.67. The number of halogens is 6. The highest BCUT2D eigenvalue weighted by molar-refractivity contribution is 5.95. The van der Waals surface area contributed by atoms with Gasteiger partial charge in [-0.25, -0.2) is 0 Å². The number of amides is 1. The molecule has 1 amide bonds. The molecule has 0 saturated heterocycles. The summed E-state index contributed by atoms with van der Waals surface area (Å²) in [6.07, 6.45) is -8.84. The average molecular weight is 450 g/mol. The fourth-order valence-corrected chi connectivity index (χ4v) is 2.54. The number of alkyl halides is 6. The SMILES string of the molecule is CN(C)C(=O)c1cc(N)cc(C(F)(F)F)c1.CN(C)Cc1cc(N)cc(C(F)(F)F)c1. The van der Waals surface area contributed by atoms with E-state index in [1.54, 1.807) is 25.1 Å². The van der Waals surface area contributed by atoms with Gasteiger partial charge in [0.1, 0.15) is 0 Å². The minimum Gasteiger partial charge on any atom is -0.399 e. The Morgan fingerprint density at radius 2 is 1.23 bits per heavy atom. The summed E-state index contributed by atoms with van der Waals surface area (Å²) in [6.45, 7) is 0.439. The first-order chi connectivity index (χ1) is 14.0. The molecule has 2 aromatic rings. The van der Waals surface area contributed by atoms with Crippen molar-refractivity contribution in [3.8, 4) is 0 Å². The van der Waals surface area contributed by atoms with Crippen LogP contribution in [0.5, 0.6) is 0 Å². The van der Waals surface area contributed by atoms with Crippen LogP contribution < -0.4 is 11.5 Å². The van der Waals surface area contributed by atoms with Crippen molar-refractivity contribution >= 4 is 17.3 Å². The maximum atomic E-state index is 12.4. The maximum absolute atomic E-state index is 12.4. The Balaban J connectivity index is 0.000000311.